The van der Waals surface area contributed by atoms with Crippen LogP contribution in [0.3, 0.4) is 0 Å². The fraction of sp³-hybridized carbons (Fsp3) is 0.412. The van der Waals surface area contributed by atoms with Gasteiger partial charge >= 0.3 is 0 Å². The average molecular weight is 302 g/mol. The smallest absolute Gasteiger partial charge is 0.224 e. The molecule has 1 N–H and O–H groups in total. The second kappa shape index (κ2) is 6.39. The topological polar surface area (TPSA) is 42.0 Å². The summed E-state index contributed by atoms with van der Waals surface area (Å²) in [5, 5.41) is 5.97. The van der Waals surface area contributed by atoms with Crippen molar-refractivity contribution in [2.45, 2.75) is 46.0 Å². The third-order valence-electron chi connectivity index (χ3n) is 3.27. The summed E-state index contributed by atoms with van der Waals surface area (Å²) in [4.78, 5) is 16.3. The molecule has 4 heteroatoms. The quantitative estimate of drug-likeness (QED) is 0.914. The molecule has 0 unspecified atom stereocenters. The summed E-state index contributed by atoms with van der Waals surface area (Å²) < 4.78 is 0. The van der Waals surface area contributed by atoms with Gasteiger partial charge in [0, 0.05) is 29.6 Å². The van der Waals surface area contributed by atoms with Crippen molar-refractivity contribution in [3.63, 3.8) is 0 Å². The first-order valence-corrected chi connectivity index (χ1v) is 8.04. The molecule has 1 heterocycles. The lowest BCUT2D eigenvalue weighted by Crippen LogP contribution is -2.13. The number of anilines is 1. The maximum atomic E-state index is 11.9. The van der Waals surface area contributed by atoms with Crippen molar-refractivity contribution in [3.05, 3.63) is 45.9 Å². The van der Waals surface area contributed by atoms with Gasteiger partial charge in [0.05, 0.1) is 5.01 Å². The van der Waals surface area contributed by atoms with E-state index in [-0.39, 0.29) is 11.3 Å². The minimum absolute atomic E-state index is 0.0337. The van der Waals surface area contributed by atoms with Crippen LogP contribution in [0.25, 0.3) is 0 Å². The monoisotopic (exact) mass is 302 g/mol. The number of amides is 1. The summed E-state index contributed by atoms with van der Waals surface area (Å²) in [5.74, 6) is 0.0337. The van der Waals surface area contributed by atoms with Crippen molar-refractivity contribution in [2.75, 3.05) is 5.32 Å². The van der Waals surface area contributed by atoms with Gasteiger partial charge in [-0.05, 0) is 30.0 Å². The Hall–Kier alpha value is -1.68. The molecule has 1 amide bonds. The first-order chi connectivity index (χ1) is 9.84. The second-order valence-corrected chi connectivity index (χ2v) is 7.20. The van der Waals surface area contributed by atoms with E-state index in [1.807, 2.05) is 24.4 Å². The molecule has 3 nitrogen and oxygen atoms in total. The number of aromatic nitrogens is 1. The van der Waals surface area contributed by atoms with Crippen LogP contribution in [0.5, 0.6) is 0 Å². The first kappa shape index (κ1) is 15.7. The van der Waals surface area contributed by atoms with Gasteiger partial charge in [0.1, 0.15) is 0 Å². The standard InChI is InChI=1S/C17H22N2OS/c1-12-11-21-16(18-12)10-9-15(20)19-14-7-5-13(6-8-14)17(2,3)4/h5-8,11H,9-10H2,1-4H3,(H,19,20). The zero-order valence-corrected chi connectivity index (χ0v) is 13.9. The highest BCUT2D eigenvalue weighted by Crippen LogP contribution is 2.23. The van der Waals surface area contributed by atoms with Gasteiger partial charge < -0.3 is 5.32 Å². The van der Waals surface area contributed by atoms with Gasteiger partial charge in [-0.1, -0.05) is 32.9 Å². The molecule has 0 aliphatic carbocycles. The van der Waals surface area contributed by atoms with Crippen molar-refractivity contribution in [2.24, 2.45) is 0 Å². The Morgan fingerprint density at radius 2 is 1.90 bits per heavy atom. The molecule has 0 fully saturated rings. The number of rotatable bonds is 4. The van der Waals surface area contributed by atoms with E-state index < -0.39 is 0 Å². The molecule has 1 aromatic carbocycles. The maximum Gasteiger partial charge on any atom is 0.224 e. The minimum Gasteiger partial charge on any atom is -0.326 e. The fourth-order valence-electron chi connectivity index (χ4n) is 2.02. The molecule has 112 valence electrons. The number of nitrogens with zero attached hydrogens (tertiary/aromatic N) is 1. The van der Waals surface area contributed by atoms with Crippen molar-refractivity contribution >= 4 is 22.9 Å². The Kier molecular flexibility index (Phi) is 4.78. The van der Waals surface area contributed by atoms with Gasteiger partial charge in [-0.15, -0.1) is 11.3 Å². The second-order valence-electron chi connectivity index (χ2n) is 6.26. The summed E-state index contributed by atoms with van der Waals surface area (Å²) in [5.41, 5.74) is 3.26. The van der Waals surface area contributed by atoms with Gasteiger partial charge in [0.25, 0.3) is 0 Å². The Morgan fingerprint density at radius 3 is 2.43 bits per heavy atom. The Morgan fingerprint density at radius 1 is 1.24 bits per heavy atom. The molecule has 0 bridgehead atoms. The van der Waals surface area contributed by atoms with E-state index in [2.05, 4.69) is 43.2 Å². The molecule has 0 atom stereocenters. The lowest BCUT2D eigenvalue weighted by molar-refractivity contribution is -0.116. The van der Waals surface area contributed by atoms with Crippen LogP contribution in [0.15, 0.2) is 29.6 Å². The van der Waals surface area contributed by atoms with E-state index in [9.17, 15) is 4.79 Å². The molecule has 2 rings (SSSR count). The number of carbonyl (C=O) groups is 1. The van der Waals surface area contributed by atoms with Crippen LogP contribution in [0.4, 0.5) is 5.69 Å². The van der Waals surface area contributed by atoms with E-state index in [0.29, 0.717) is 12.8 Å². The number of aryl methyl sites for hydroxylation is 2. The normalized spacial score (nSPS) is 11.4. The average Bonchev–Trinajstić information content (AvgIpc) is 2.82. The van der Waals surface area contributed by atoms with Gasteiger partial charge in [0.15, 0.2) is 0 Å². The van der Waals surface area contributed by atoms with Crippen LogP contribution in [0.2, 0.25) is 0 Å². The number of hydrogen-bond acceptors (Lipinski definition) is 3. The highest BCUT2D eigenvalue weighted by Gasteiger charge is 2.13. The van der Waals surface area contributed by atoms with Gasteiger partial charge in [-0.2, -0.15) is 0 Å². The SMILES string of the molecule is Cc1csc(CCC(=O)Nc2ccc(C(C)(C)C)cc2)n1. The highest BCUT2D eigenvalue weighted by molar-refractivity contribution is 7.09. The first-order valence-electron chi connectivity index (χ1n) is 7.16. The van der Waals surface area contributed by atoms with Crippen molar-refractivity contribution in [1.29, 1.82) is 0 Å². The Labute approximate surface area is 130 Å². The van der Waals surface area contributed by atoms with Crippen LogP contribution in [-0.2, 0) is 16.6 Å². The third kappa shape index (κ3) is 4.67. The van der Waals surface area contributed by atoms with Crippen LogP contribution in [-0.4, -0.2) is 10.9 Å². The molecule has 1 aromatic heterocycles. The lowest BCUT2D eigenvalue weighted by atomic mass is 9.87. The zero-order chi connectivity index (χ0) is 15.5. The fourth-order valence-corrected chi connectivity index (χ4v) is 2.79. The van der Waals surface area contributed by atoms with E-state index in [0.717, 1.165) is 16.4 Å². The number of thiazole rings is 1. The summed E-state index contributed by atoms with van der Waals surface area (Å²) in [6.07, 6.45) is 1.17. The van der Waals surface area contributed by atoms with Crippen molar-refractivity contribution in [1.82, 2.24) is 4.98 Å². The molecule has 0 saturated heterocycles. The zero-order valence-electron chi connectivity index (χ0n) is 13.1. The Bertz CT molecular complexity index is 608. The molecule has 21 heavy (non-hydrogen) atoms. The van der Waals surface area contributed by atoms with Crippen molar-refractivity contribution in [3.8, 4) is 0 Å². The van der Waals surface area contributed by atoms with Crippen LogP contribution in [0.1, 0.15) is 43.5 Å². The highest BCUT2D eigenvalue weighted by atomic mass is 32.1. The summed E-state index contributed by atoms with van der Waals surface area (Å²) in [6, 6.07) is 8.07. The number of benzene rings is 1. The summed E-state index contributed by atoms with van der Waals surface area (Å²) in [6.45, 7) is 8.50. The Balaban J connectivity index is 1.88. The third-order valence-corrected chi connectivity index (χ3v) is 4.29. The largest absolute Gasteiger partial charge is 0.326 e. The number of hydrogen-bond donors (Lipinski definition) is 1. The van der Waals surface area contributed by atoms with Gasteiger partial charge in [-0.25, -0.2) is 4.98 Å². The number of carbonyl (C=O) groups excluding carboxylic acids is 1. The molecule has 0 aliphatic heterocycles. The molecule has 2 aromatic rings. The van der Waals surface area contributed by atoms with Crippen LogP contribution >= 0.6 is 11.3 Å². The molecule has 0 saturated carbocycles. The van der Waals surface area contributed by atoms with Gasteiger partial charge in [-0.3, -0.25) is 4.79 Å². The summed E-state index contributed by atoms with van der Waals surface area (Å²) in [7, 11) is 0. The predicted octanol–water partition coefficient (Wildman–Crippen LogP) is 4.32. The minimum atomic E-state index is 0.0337. The lowest BCUT2D eigenvalue weighted by Gasteiger charge is -2.19. The predicted molar refractivity (Wildman–Crippen MR) is 88.9 cm³/mol. The van der Waals surface area contributed by atoms with Crippen molar-refractivity contribution < 1.29 is 4.79 Å². The van der Waals surface area contributed by atoms with Crippen LogP contribution in [0, 0.1) is 6.92 Å². The molecule has 0 aliphatic rings. The summed E-state index contributed by atoms with van der Waals surface area (Å²) >= 11 is 1.61. The van der Waals surface area contributed by atoms with E-state index in [4.69, 9.17) is 0 Å². The molecule has 0 radical (unpaired) electrons. The maximum absolute atomic E-state index is 11.9. The molecular formula is C17H22N2OS. The number of nitrogens with one attached hydrogen (secondary N) is 1. The van der Waals surface area contributed by atoms with E-state index >= 15 is 0 Å². The van der Waals surface area contributed by atoms with Crippen LogP contribution < -0.4 is 5.32 Å². The molecule has 0 spiro atoms. The van der Waals surface area contributed by atoms with E-state index in [1.165, 1.54) is 5.56 Å². The van der Waals surface area contributed by atoms with Gasteiger partial charge in [0.2, 0.25) is 5.91 Å². The van der Waals surface area contributed by atoms with E-state index in [1.54, 1.807) is 11.3 Å². The molecular weight excluding hydrogens is 280 g/mol.